The Morgan fingerprint density at radius 3 is 2.00 bits per heavy atom. The summed E-state index contributed by atoms with van der Waals surface area (Å²) >= 11 is 0. The normalized spacial score (nSPS) is 6.60. The fourth-order valence-corrected chi connectivity index (χ4v) is 0. The van der Waals surface area contributed by atoms with Crippen LogP contribution in [-0.2, 0) is 4.84 Å². The third-order valence-corrected chi connectivity index (χ3v) is 0.151. The zero-order chi connectivity index (χ0) is 4.28. The van der Waals surface area contributed by atoms with Crippen molar-refractivity contribution in [3.05, 3.63) is 12.5 Å². The Balaban J connectivity index is 2.85. The molecule has 3 nitrogen and oxygen atoms in total. The van der Waals surface area contributed by atoms with Crippen molar-refractivity contribution in [2.75, 3.05) is 0 Å². The van der Waals surface area contributed by atoms with Gasteiger partial charge in [-0.1, -0.05) is 0 Å². The summed E-state index contributed by atoms with van der Waals surface area (Å²) in [5, 5.41) is 0. The van der Waals surface area contributed by atoms with Crippen LogP contribution in [0.2, 0.25) is 0 Å². The minimum absolute atomic E-state index is 0.0324. The molecule has 0 saturated heterocycles. The molecular formula is C2H6N2O. The van der Waals surface area contributed by atoms with Crippen LogP contribution in [0.25, 0.3) is 0 Å². The molecule has 0 aliphatic heterocycles. The molecule has 0 fully saturated rings. The van der Waals surface area contributed by atoms with Crippen LogP contribution in [0, 0.1) is 0 Å². The van der Waals surface area contributed by atoms with Gasteiger partial charge in [-0.25, -0.2) is 0 Å². The van der Waals surface area contributed by atoms with Crippen LogP contribution in [0.1, 0.15) is 0 Å². The van der Waals surface area contributed by atoms with Crippen molar-refractivity contribution < 1.29 is 4.84 Å². The van der Waals surface area contributed by atoms with Crippen molar-refractivity contribution in [3.8, 4) is 0 Å². The fraction of sp³-hybridized carbons (Fsp3) is 0. The summed E-state index contributed by atoms with van der Waals surface area (Å²) in [6, 6.07) is 0. The summed E-state index contributed by atoms with van der Waals surface area (Å²) in [7, 11) is 0. The highest BCUT2D eigenvalue weighted by Gasteiger charge is 1.66. The smallest absolute Gasteiger partial charge is 0.201 e. The van der Waals surface area contributed by atoms with E-state index in [9.17, 15) is 0 Å². The first-order valence-corrected chi connectivity index (χ1v) is 1.08. The highest BCUT2D eigenvalue weighted by atomic mass is 16.6. The van der Waals surface area contributed by atoms with Crippen LogP contribution in [0.15, 0.2) is 12.5 Å². The molecule has 0 aliphatic rings. The number of hydrogen-bond donors (Lipinski definition) is 2. The Bertz CT molecular complexity index is 42.9. The van der Waals surface area contributed by atoms with Crippen LogP contribution in [0.3, 0.4) is 0 Å². The minimum Gasteiger partial charge on any atom is -0.394 e. The molecule has 5 heavy (non-hydrogen) atoms. The molecule has 0 aromatic rings. The maximum atomic E-state index is 4.75. The fourth-order valence-electron chi connectivity index (χ4n) is 0. The number of hydrogen-bond acceptors (Lipinski definition) is 3. The van der Waals surface area contributed by atoms with Gasteiger partial charge in [-0.05, 0) is 6.58 Å². The molecule has 30 valence electrons. The Kier molecular flexibility index (Phi) is 1.38. The molecule has 0 aromatic carbocycles. The number of rotatable bonds is 1. The lowest BCUT2D eigenvalue weighted by Crippen LogP contribution is -2.04. The molecule has 0 aliphatic carbocycles. The molecule has 3 heteroatoms. The molecule has 0 rings (SSSR count). The predicted molar refractivity (Wildman–Crippen MR) is 18.6 cm³/mol. The summed E-state index contributed by atoms with van der Waals surface area (Å²) in [4.78, 5) is 3.83. The van der Waals surface area contributed by atoms with E-state index in [2.05, 4.69) is 17.3 Å². The van der Waals surface area contributed by atoms with Crippen LogP contribution in [0.4, 0.5) is 0 Å². The van der Waals surface area contributed by atoms with E-state index >= 15 is 0 Å². The summed E-state index contributed by atoms with van der Waals surface area (Å²) in [5.41, 5.74) is 4.75. The van der Waals surface area contributed by atoms with Gasteiger partial charge in [-0.2, -0.15) is 5.90 Å². The Hall–Kier alpha value is -0.700. The van der Waals surface area contributed by atoms with Crippen molar-refractivity contribution in [2.24, 2.45) is 11.6 Å². The topological polar surface area (TPSA) is 61.3 Å². The molecule has 0 saturated carbocycles. The molecule has 0 atom stereocenters. The molecule has 0 unspecified atom stereocenters. The van der Waals surface area contributed by atoms with E-state index in [4.69, 9.17) is 5.73 Å². The van der Waals surface area contributed by atoms with Crippen LogP contribution in [0.5, 0.6) is 0 Å². The zero-order valence-corrected chi connectivity index (χ0v) is 2.77. The summed E-state index contributed by atoms with van der Waals surface area (Å²) in [6.45, 7) is 3.10. The zero-order valence-electron chi connectivity index (χ0n) is 2.77. The van der Waals surface area contributed by atoms with E-state index in [0.29, 0.717) is 0 Å². The van der Waals surface area contributed by atoms with Gasteiger partial charge in [0.05, 0.1) is 0 Å². The second-order valence-electron chi connectivity index (χ2n) is 0.584. The molecule has 0 heterocycles. The van der Waals surface area contributed by atoms with E-state index in [1.54, 1.807) is 0 Å². The predicted octanol–water partition coefficient (Wildman–Crippen LogP) is -0.693. The molecular weight excluding hydrogens is 68.0 g/mol. The average molecular weight is 74.1 g/mol. The quantitative estimate of drug-likeness (QED) is 0.319. The second-order valence-corrected chi connectivity index (χ2v) is 0.584. The van der Waals surface area contributed by atoms with Gasteiger partial charge in [0.15, 0.2) is 0 Å². The lowest BCUT2D eigenvalue weighted by atomic mass is 11.0. The van der Waals surface area contributed by atoms with Gasteiger partial charge in [-0.15, -0.1) is 0 Å². The average Bonchev–Trinajstić information content (AvgIpc) is 1.38. The first-order valence-electron chi connectivity index (χ1n) is 1.08. The van der Waals surface area contributed by atoms with Crippen molar-refractivity contribution in [3.63, 3.8) is 0 Å². The van der Waals surface area contributed by atoms with Gasteiger partial charge >= 0.3 is 0 Å². The molecule has 0 radical (unpaired) electrons. The molecule has 4 N–H and O–H groups in total. The summed E-state index contributed by atoms with van der Waals surface area (Å²) < 4.78 is 0. The first kappa shape index (κ1) is 4.30. The van der Waals surface area contributed by atoms with Crippen LogP contribution < -0.4 is 11.6 Å². The highest BCUT2D eigenvalue weighted by molar-refractivity contribution is 4.67. The molecule has 0 bridgehead atoms. The SMILES string of the molecule is C=C(N)ON. The van der Waals surface area contributed by atoms with Crippen molar-refractivity contribution in [1.82, 2.24) is 0 Å². The third-order valence-electron chi connectivity index (χ3n) is 0.151. The maximum Gasteiger partial charge on any atom is 0.201 e. The lowest BCUT2D eigenvalue weighted by molar-refractivity contribution is 0.219. The van der Waals surface area contributed by atoms with Gasteiger partial charge in [0.2, 0.25) is 5.88 Å². The van der Waals surface area contributed by atoms with Gasteiger partial charge in [-0.3, -0.25) is 0 Å². The third kappa shape index (κ3) is 3.30. The first-order chi connectivity index (χ1) is 2.27. The van der Waals surface area contributed by atoms with Gasteiger partial charge in [0.25, 0.3) is 0 Å². The number of nitrogens with two attached hydrogens (primary N) is 2. The van der Waals surface area contributed by atoms with E-state index < -0.39 is 0 Å². The van der Waals surface area contributed by atoms with Crippen molar-refractivity contribution >= 4 is 0 Å². The summed E-state index contributed by atoms with van der Waals surface area (Å²) in [5.74, 6) is 4.48. The monoisotopic (exact) mass is 74.0 g/mol. The molecule has 0 amide bonds. The second kappa shape index (κ2) is 1.60. The van der Waals surface area contributed by atoms with E-state index in [1.807, 2.05) is 0 Å². The van der Waals surface area contributed by atoms with Crippen molar-refractivity contribution in [1.29, 1.82) is 0 Å². The highest BCUT2D eigenvalue weighted by Crippen LogP contribution is 1.63. The lowest BCUT2D eigenvalue weighted by Gasteiger charge is -1.87. The van der Waals surface area contributed by atoms with E-state index in [-0.39, 0.29) is 5.88 Å². The molecule has 0 spiro atoms. The Morgan fingerprint density at radius 1 is 1.80 bits per heavy atom. The summed E-state index contributed by atoms with van der Waals surface area (Å²) in [6.07, 6.45) is 0. The largest absolute Gasteiger partial charge is 0.394 e. The Morgan fingerprint density at radius 2 is 2.00 bits per heavy atom. The Labute approximate surface area is 30.2 Å². The van der Waals surface area contributed by atoms with Gasteiger partial charge in [0, 0.05) is 0 Å². The standard InChI is InChI=1S/C2H6N2O/c1-2(3)5-4/h1,3-4H2. The van der Waals surface area contributed by atoms with Crippen LogP contribution >= 0.6 is 0 Å². The maximum absolute atomic E-state index is 4.75. The minimum atomic E-state index is 0.0324. The van der Waals surface area contributed by atoms with Gasteiger partial charge < -0.3 is 10.6 Å². The molecule has 0 aromatic heterocycles. The van der Waals surface area contributed by atoms with E-state index in [0.717, 1.165) is 0 Å². The van der Waals surface area contributed by atoms with Crippen LogP contribution in [-0.4, -0.2) is 0 Å². The van der Waals surface area contributed by atoms with Crippen molar-refractivity contribution in [2.45, 2.75) is 0 Å². The van der Waals surface area contributed by atoms with E-state index in [1.165, 1.54) is 0 Å². The van der Waals surface area contributed by atoms with Gasteiger partial charge in [0.1, 0.15) is 0 Å².